The lowest BCUT2D eigenvalue weighted by molar-refractivity contribution is -0.137. The summed E-state index contributed by atoms with van der Waals surface area (Å²) >= 11 is 6.36. The molecule has 1 N–H and O–H groups in total. The molecule has 1 aliphatic heterocycles. The van der Waals surface area contributed by atoms with Crippen LogP contribution in [0, 0.1) is 0 Å². The maximum Gasteiger partial charge on any atom is 0.416 e. The zero-order valence-electron chi connectivity index (χ0n) is 18.6. The van der Waals surface area contributed by atoms with Crippen LogP contribution in [0.4, 0.5) is 30.4 Å². The fraction of sp³-hybridized carbons (Fsp3) is 0.304. The first-order valence-corrected chi connectivity index (χ1v) is 13.1. The highest BCUT2D eigenvalue weighted by atomic mass is 35.5. The lowest BCUT2D eigenvalue weighted by atomic mass is 10.0. The molecule has 0 radical (unpaired) electrons. The van der Waals surface area contributed by atoms with Crippen molar-refractivity contribution in [2.45, 2.75) is 19.1 Å². The van der Waals surface area contributed by atoms with Crippen LogP contribution in [-0.4, -0.2) is 43.5 Å². The summed E-state index contributed by atoms with van der Waals surface area (Å²) in [4.78, 5) is 10.9. The average Bonchev–Trinajstić information content (AvgIpc) is 2.78. The summed E-state index contributed by atoms with van der Waals surface area (Å²) in [7, 11) is -3.25. The molecule has 3 aromatic rings. The van der Waals surface area contributed by atoms with Crippen LogP contribution in [0.5, 0.6) is 6.01 Å². The van der Waals surface area contributed by atoms with E-state index in [2.05, 4.69) is 20.2 Å². The monoisotopic (exact) mass is 526 g/mol. The van der Waals surface area contributed by atoms with Gasteiger partial charge in [-0.25, -0.2) is 8.42 Å². The van der Waals surface area contributed by atoms with Gasteiger partial charge < -0.3 is 15.0 Å². The molecule has 0 bridgehead atoms. The van der Waals surface area contributed by atoms with Crippen LogP contribution in [0.2, 0.25) is 5.02 Å². The summed E-state index contributed by atoms with van der Waals surface area (Å²) in [5.74, 6) is 0.184. The first-order valence-electron chi connectivity index (χ1n) is 10.6. The number of hydrogen-bond acceptors (Lipinski definition) is 7. The van der Waals surface area contributed by atoms with Crippen molar-refractivity contribution < 1.29 is 26.3 Å². The smallest absolute Gasteiger partial charge is 0.416 e. The molecule has 0 saturated carbocycles. The van der Waals surface area contributed by atoms with Gasteiger partial charge in [0.2, 0.25) is 0 Å². The standard InChI is InChI=1S/C23H22ClF3N4O3S/c1-35(32,33)13-12-34-22-29-19-14-31(20-5-3-2-4-18(20)24)11-10-17(19)21(30-22)28-16-8-6-15(7-9-16)23(25,26)27/h2-9H,10-14H2,1H3,(H,28,29,30). The molecule has 12 heteroatoms. The molecule has 0 fully saturated rings. The summed E-state index contributed by atoms with van der Waals surface area (Å²) in [6.45, 7) is 0.882. The van der Waals surface area contributed by atoms with Gasteiger partial charge in [0.1, 0.15) is 12.4 Å². The van der Waals surface area contributed by atoms with E-state index in [4.69, 9.17) is 16.3 Å². The van der Waals surface area contributed by atoms with E-state index >= 15 is 0 Å². The van der Waals surface area contributed by atoms with Crippen molar-refractivity contribution in [2.75, 3.05) is 35.4 Å². The number of alkyl halides is 3. The third kappa shape index (κ3) is 6.34. The molecule has 0 unspecified atom stereocenters. The fourth-order valence-corrected chi connectivity index (χ4v) is 4.29. The average molecular weight is 527 g/mol. The summed E-state index contributed by atoms with van der Waals surface area (Å²) in [5, 5.41) is 3.66. The summed E-state index contributed by atoms with van der Waals surface area (Å²) in [6.07, 6.45) is -2.79. The van der Waals surface area contributed by atoms with E-state index in [1.165, 1.54) is 12.1 Å². The lowest BCUT2D eigenvalue weighted by Crippen LogP contribution is -2.32. The van der Waals surface area contributed by atoms with Crippen LogP contribution in [0.25, 0.3) is 0 Å². The molecular weight excluding hydrogens is 505 g/mol. The highest BCUT2D eigenvalue weighted by molar-refractivity contribution is 7.90. The van der Waals surface area contributed by atoms with Crippen molar-refractivity contribution in [1.29, 1.82) is 0 Å². The normalized spacial score (nSPS) is 13.9. The maximum absolute atomic E-state index is 12.9. The Balaban J connectivity index is 1.64. The zero-order valence-corrected chi connectivity index (χ0v) is 20.2. The lowest BCUT2D eigenvalue weighted by Gasteiger charge is -2.31. The van der Waals surface area contributed by atoms with Crippen LogP contribution in [0.15, 0.2) is 48.5 Å². The van der Waals surface area contributed by atoms with Gasteiger partial charge in [-0.05, 0) is 42.8 Å². The van der Waals surface area contributed by atoms with Crippen molar-refractivity contribution >= 4 is 38.6 Å². The summed E-state index contributed by atoms with van der Waals surface area (Å²) in [5.41, 5.74) is 1.94. The van der Waals surface area contributed by atoms with E-state index in [0.717, 1.165) is 29.6 Å². The number of nitrogens with zero attached hydrogens (tertiary/aromatic N) is 3. The fourth-order valence-electron chi connectivity index (χ4n) is 3.65. The molecule has 2 heterocycles. The number of aromatic nitrogens is 2. The first kappa shape index (κ1) is 25.1. The van der Waals surface area contributed by atoms with Crippen molar-refractivity contribution in [3.05, 3.63) is 70.4 Å². The number of sulfone groups is 1. The van der Waals surface area contributed by atoms with Crippen molar-refractivity contribution in [1.82, 2.24) is 9.97 Å². The second-order valence-corrected chi connectivity index (χ2v) is 10.7. The Morgan fingerprint density at radius 1 is 1.11 bits per heavy atom. The topological polar surface area (TPSA) is 84.4 Å². The van der Waals surface area contributed by atoms with Crippen LogP contribution in [0.3, 0.4) is 0 Å². The number of hydrogen-bond donors (Lipinski definition) is 1. The number of fused-ring (bicyclic) bond motifs is 1. The molecule has 0 spiro atoms. The predicted octanol–water partition coefficient (Wildman–Crippen LogP) is 4.88. The highest BCUT2D eigenvalue weighted by Crippen LogP contribution is 2.34. The van der Waals surface area contributed by atoms with Gasteiger partial charge in [-0.3, -0.25) is 0 Å². The van der Waals surface area contributed by atoms with Gasteiger partial charge in [-0.2, -0.15) is 23.1 Å². The predicted molar refractivity (Wildman–Crippen MR) is 128 cm³/mol. The molecule has 2 aromatic carbocycles. The van der Waals surface area contributed by atoms with Crippen LogP contribution in [-0.2, 0) is 29.0 Å². The van der Waals surface area contributed by atoms with Gasteiger partial charge in [0.15, 0.2) is 9.84 Å². The van der Waals surface area contributed by atoms with Crippen molar-refractivity contribution in [3.8, 4) is 6.01 Å². The Hall–Kier alpha value is -3.05. The first-order chi connectivity index (χ1) is 16.5. The van der Waals surface area contributed by atoms with Crippen molar-refractivity contribution in [2.24, 2.45) is 0 Å². The number of rotatable bonds is 7. The van der Waals surface area contributed by atoms with Gasteiger partial charge in [0.05, 0.1) is 34.3 Å². The Bertz CT molecular complexity index is 1320. The van der Waals surface area contributed by atoms with Crippen LogP contribution in [0.1, 0.15) is 16.8 Å². The Morgan fingerprint density at radius 2 is 1.83 bits per heavy atom. The molecule has 0 saturated heterocycles. The highest BCUT2D eigenvalue weighted by Gasteiger charge is 2.30. The van der Waals surface area contributed by atoms with E-state index in [1.807, 2.05) is 18.2 Å². The van der Waals surface area contributed by atoms with E-state index in [0.29, 0.717) is 41.7 Å². The van der Waals surface area contributed by atoms with Gasteiger partial charge in [0, 0.05) is 24.1 Å². The van der Waals surface area contributed by atoms with E-state index in [9.17, 15) is 21.6 Å². The number of ether oxygens (including phenoxy) is 1. The number of benzene rings is 2. The minimum atomic E-state index is -4.44. The van der Waals surface area contributed by atoms with Gasteiger partial charge in [-0.15, -0.1) is 0 Å². The molecule has 0 aliphatic carbocycles. The molecule has 0 amide bonds. The molecular formula is C23H22ClF3N4O3S. The quantitative estimate of drug-likeness (QED) is 0.470. The van der Waals surface area contributed by atoms with Crippen molar-refractivity contribution in [3.63, 3.8) is 0 Å². The molecule has 1 aliphatic rings. The minimum Gasteiger partial charge on any atom is -0.462 e. The molecule has 7 nitrogen and oxygen atoms in total. The number of para-hydroxylation sites is 1. The zero-order chi connectivity index (χ0) is 25.2. The van der Waals surface area contributed by atoms with E-state index < -0.39 is 21.6 Å². The Kier molecular flexibility index (Phi) is 7.09. The van der Waals surface area contributed by atoms with Gasteiger partial charge >= 0.3 is 12.2 Å². The largest absolute Gasteiger partial charge is 0.462 e. The molecule has 4 rings (SSSR count). The van der Waals surface area contributed by atoms with Crippen LogP contribution < -0.4 is 15.0 Å². The number of halogens is 4. The third-order valence-corrected chi connectivity index (χ3v) is 6.63. The maximum atomic E-state index is 12.9. The van der Waals surface area contributed by atoms with E-state index in [-0.39, 0.29) is 18.4 Å². The second-order valence-electron chi connectivity index (χ2n) is 8.08. The second kappa shape index (κ2) is 9.90. The Labute approximate surface area is 205 Å². The molecule has 1 aromatic heterocycles. The Morgan fingerprint density at radius 3 is 2.49 bits per heavy atom. The van der Waals surface area contributed by atoms with E-state index in [1.54, 1.807) is 6.07 Å². The minimum absolute atomic E-state index is 0.0252. The summed E-state index contributed by atoms with van der Waals surface area (Å²) < 4.78 is 67.2. The third-order valence-electron chi connectivity index (χ3n) is 5.40. The molecule has 0 atom stereocenters. The number of anilines is 3. The number of nitrogens with one attached hydrogen (secondary N) is 1. The SMILES string of the molecule is CS(=O)(=O)CCOc1nc2c(c(Nc3ccc(C(F)(F)F)cc3)n1)CCN(c1ccccc1Cl)C2. The van der Waals surface area contributed by atoms with Crippen LogP contribution >= 0.6 is 11.6 Å². The summed E-state index contributed by atoms with van der Waals surface area (Å²) in [6, 6.07) is 12.0. The molecule has 186 valence electrons. The van der Waals surface area contributed by atoms with Gasteiger partial charge in [-0.1, -0.05) is 23.7 Å². The van der Waals surface area contributed by atoms with Gasteiger partial charge in [0.25, 0.3) is 0 Å². The molecule has 35 heavy (non-hydrogen) atoms.